The van der Waals surface area contributed by atoms with Gasteiger partial charge >= 0.3 is 0 Å². The average molecular weight is 367 g/mol. The predicted molar refractivity (Wildman–Crippen MR) is 104 cm³/mol. The molecule has 26 heavy (non-hydrogen) atoms. The number of aryl methyl sites for hydroxylation is 1. The molecule has 0 bridgehead atoms. The third kappa shape index (κ3) is 4.32. The summed E-state index contributed by atoms with van der Waals surface area (Å²) in [6.45, 7) is 6.14. The third-order valence-corrected chi connectivity index (χ3v) is 4.81. The van der Waals surface area contributed by atoms with Crippen LogP contribution >= 0.6 is 11.8 Å². The SMILES string of the molecule is CCOc1ccc(C(C)=O)cc1CSc1n[nH]c(-c2ccc(C)cc2)n1. The summed E-state index contributed by atoms with van der Waals surface area (Å²) in [6, 6.07) is 13.7. The highest BCUT2D eigenvalue weighted by Gasteiger charge is 2.11. The van der Waals surface area contributed by atoms with Gasteiger partial charge in [0.1, 0.15) is 5.75 Å². The number of hydrogen-bond acceptors (Lipinski definition) is 5. The minimum Gasteiger partial charge on any atom is -0.494 e. The lowest BCUT2D eigenvalue weighted by Gasteiger charge is -2.10. The Kier molecular flexibility index (Phi) is 5.73. The molecule has 0 spiro atoms. The zero-order valence-corrected chi connectivity index (χ0v) is 15.9. The molecule has 0 aliphatic rings. The molecule has 0 saturated heterocycles. The van der Waals surface area contributed by atoms with Crippen molar-refractivity contribution < 1.29 is 9.53 Å². The monoisotopic (exact) mass is 367 g/mol. The molecule has 2 aromatic carbocycles. The van der Waals surface area contributed by atoms with Crippen LogP contribution in [-0.4, -0.2) is 27.6 Å². The highest BCUT2D eigenvalue weighted by atomic mass is 32.2. The first-order chi connectivity index (χ1) is 12.6. The van der Waals surface area contributed by atoms with Gasteiger partial charge in [-0.05, 0) is 39.0 Å². The zero-order valence-electron chi connectivity index (χ0n) is 15.1. The van der Waals surface area contributed by atoms with Crippen molar-refractivity contribution in [2.45, 2.75) is 31.7 Å². The number of aromatic nitrogens is 3. The summed E-state index contributed by atoms with van der Waals surface area (Å²) in [5.41, 5.74) is 3.85. The van der Waals surface area contributed by atoms with E-state index in [-0.39, 0.29) is 5.78 Å². The molecule has 0 saturated carbocycles. The van der Waals surface area contributed by atoms with E-state index in [0.29, 0.717) is 23.1 Å². The van der Waals surface area contributed by atoms with Gasteiger partial charge in [0.05, 0.1) is 6.61 Å². The highest BCUT2D eigenvalue weighted by Crippen LogP contribution is 2.28. The fraction of sp³-hybridized carbons (Fsp3) is 0.250. The first kappa shape index (κ1) is 18.2. The number of nitrogens with one attached hydrogen (secondary N) is 1. The van der Waals surface area contributed by atoms with Gasteiger partial charge in [-0.2, -0.15) is 0 Å². The lowest BCUT2D eigenvalue weighted by atomic mass is 10.1. The summed E-state index contributed by atoms with van der Waals surface area (Å²) in [7, 11) is 0. The van der Waals surface area contributed by atoms with Crippen LogP contribution in [0.15, 0.2) is 47.6 Å². The Morgan fingerprint density at radius 2 is 1.96 bits per heavy atom. The first-order valence-electron chi connectivity index (χ1n) is 8.45. The van der Waals surface area contributed by atoms with Crippen LogP contribution in [0.1, 0.15) is 35.3 Å². The molecule has 134 valence electrons. The fourth-order valence-corrected chi connectivity index (χ4v) is 3.28. The number of thioether (sulfide) groups is 1. The maximum Gasteiger partial charge on any atom is 0.209 e. The maximum atomic E-state index is 11.6. The second-order valence-electron chi connectivity index (χ2n) is 5.93. The van der Waals surface area contributed by atoms with Crippen LogP contribution in [0.25, 0.3) is 11.4 Å². The molecule has 0 aliphatic heterocycles. The molecule has 3 aromatic rings. The summed E-state index contributed by atoms with van der Waals surface area (Å²) in [6.07, 6.45) is 0. The number of benzene rings is 2. The van der Waals surface area contributed by atoms with Crippen molar-refractivity contribution in [3.63, 3.8) is 0 Å². The molecule has 0 fully saturated rings. The van der Waals surface area contributed by atoms with Crippen molar-refractivity contribution in [1.29, 1.82) is 0 Å². The van der Waals surface area contributed by atoms with Gasteiger partial charge in [-0.1, -0.05) is 41.6 Å². The maximum absolute atomic E-state index is 11.6. The number of nitrogens with zero attached hydrogens (tertiary/aromatic N) is 2. The number of Topliss-reactive ketones (excluding diaryl/α,β-unsaturated/α-hetero) is 1. The van der Waals surface area contributed by atoms with E-state index in [1.54, 1.807) is 13.0 Å². The number of carbonyl (C=O) groups excluding carboxylic acids is 1. The normalized spacial score (nSPS) is 10.7. The van der Waals surface area contributed by atoms with Crippen molar-refractivity contribution >= 4 is 17.5 Å². The van der Waals surface area contributed by atoms with Crippen molar-refractivity contribution in [3.8, 4) is 17.1 Å². The highest BCUT2D eigenvalue weighted by molar-refractivity contribution is 7.98. The molecule has 5 nitrogen and oxygen atoms in total. The van der Waals surface area contributed by atoms with Crippen molar-refractivity contribution in [1.82, 2.24) is 15.2 Å². The summed E-state index contributed by atoms with van der Waals surface area (Å²) < 4.78 is 5.67. The Bertz CT molecular complexity index is 904. The molecular formula is C20H21N3O2S. The van der Waals surface area contributed by atoms with Gasteiger partial charge in [0.25, 0.3) is 0 Å². The molecule has 0 radical (unpaired) electrons. The molecule has 6 heteroatoms. The van der Waals surface area contributed by atoms with Gasteiger partial charge in [0.15, 0.2) is 11.6 Å². The van der Waals surface area contributed by atoms with E-state index in [1.807, 2.05) is 43.3 Å². The largest absolute Gasteiger partial charge is 0.494 e. The van der Waals surface area contributed by atoms with Crippen molar-refractivity contribution in [2.24, 2.45) is 0 Å². The molecule has 1 heterocycles. The smallest absolute Gasteiger partial charge is 0.209 e. The van der Waals surface area contributed by atoms with E-state index < -0.39 is 0 Å². The van der Waals surface area contributed by atoms with Gasteiger partial charge in [-0.3, -0.25) is 9.89 Å². The number of aromatic amines is 1. The van der Waals surface area contributed by atoms with E-state index in [0.717, 1.165) is 22.7 Å². The summed E-state index contributed by atoms with van der Waals surface area (Å²) in [4.78, 5) is 16.2. The van der Waals surface area contributed by atoms with E-state index in [9.17, 15) is 4.79 Å². The molecule has 3 rings (SSSR count). The van der Waals surface area contributed by atoms with Crippen LogP contribution in [0, 0.1) is 6.92 Å². The molecular weight excluding hydrogens is 346 g/mol. The first-order valence-corrected chi connectivity index (χ1v) is 9.44. The third-order valence-electron chi connectivity index (χ3n) is 3.91. The molecule has 1 N–H and O–H groups in total. The zero-order chi connectivity index (χ0) is 18.5. The number of carbonyl (C=O) groups is 1. The number of ketones is 1. The summed E-state index contributed by atoms with van der Waals surface area (Å²) in [5.74, 6) is 2.20. The Labute approximate surface area is 157 Å². The summed E-state index contributed by atoms with van der Waals surface area (Å²) in [5, 5.41) is 7.93. The van der Waals surface area contributed by atoms with E-state index in [1.165, 1.54) is 17.3 Å². The molecule has 0 atom stereocenters. The topological polar surface area (TPSA) is 67.9 Å². The van der Waals surface area contributed by atoms with E-state index in [4.69, 9.17) is 4.74 Å². The number of rotatable bonds is 7. The van der Waals surface area contributed by atoms with Gasteiger partial charge < -0.3 is 4.74 Å². The lowest BCUT2D eigenvalue weighted by Crippen LogP contribution is -1.99. The molecule has 1 aromatic heterocycles. The van der Waals surface area contributed by atoms with E-state index >= 15 is 0 Å². The lowest BCUT2D eigenvalue weighted by molar-refractivity contribution is 0.101. The number of ether oxygens (including phenoxy) is 1. The molecule has 0 amide bonds. The quantitative estimate of drug-likeness (QED) is 0.485. The minimum absolute atomic E-state index is 0.0406. The van der Waals surface area contributed by atoms with Crippen LogP contribution in [0.2, 0.25) is 0 Å². The van der Waals surface area contributed by atoms with Crippen LogP contribution in [0.5, 0.6) is 5.75 Å². The van der Waals surface area contributed by atoms with Crippen LogP contribution in [-0.2, 0) is 5.75 Å². The second-order valence-corrected chi connectivity index (χ2v) is 6.88. The number of H-pyrrole nitrogens is 1. The van der Waals surface area contributed by atoms with E-state index in [2.05, 4.69) is 22.1 Å². The average Bonchev–Trinajstić information content (AvgIpc) is 3.10. The van der Waals surface area contributed by atoms with Crippen LogP contribution in [0.3, 0.4) is 0 Å². The second kappa shape index (κ2) is 8.19. The fourth-order valence-electron chi connectivity index (χ4n) is 2.50. The van der Waals surface area contributed by atoms with Crippen molar-refractivity contribution in [3.05, 3.63) is 59.2 Å². The summed E-state index contributed by atoms with van der Waals surface area (Å²) >= 11 is 1.51. The van der Waals surface area contributed by atoms with Gasteiger partial charge in [0.2, 0.25) is 5.16 Å². The molecule has 0 unspecified atom stereocenters. The standard InChI is InChI=1S/C20H21N3O2S/c1-4-25-18-10-9-16(14(3)24)11-17(18)12-26-20-21-19(22-23-20)15-7-5-13(2)6-8-15/h5-11H,4,12H2,1-3H3,(H,21,22,23). The van der Waals surface area contributed by atoms with Crippen molar-refractivity contribution in [2.75, 3.05) is 6.61 Å². The Balaban J connectivity index is 1.75. The van der Waals surface area contributed by atoms with Gasteiger partial charge in [0, 0.05) is 22.4 Å². The Morgan fingerprint density at radius 1 is 1.19 bits per heavy atom. The Hall–Kier alpha value is -2.60. The number of hydrogen-bond donors (Lipinski definition) is 1. The van der Waals surface area contributed by atoms with Gasteiger partial charge in [-0.15, -0.1) is 5.10 Å². The Morgan fingerprint density at radius 3 is 2.65 bits per heavy atom. The van der Waals surface area contributed by atoms with Crippen LogP contribution in [0.4, 0.5) is 0 Å². The predicted octanol–water partition coefficient (Wildman–Crippen LogP) is 4.67. The molecule has 0 aliphatic carbocycles. The minimum atomic E-state index is 0.0406. The van der Waals surface area contributed by atoms with Crippen LogP contribution < -0.4 is 4.74 Å². The van der Waals surface area contributed by atoms with Gasteiger partial charge in [-0.25, -0.2) is 4.98 Å².